The molecule has 0 aliphatic heterocycles. The Hall–Kier alpha value is -6.52. The molecule has 0 bridgehead atoms. The van der Waals surface area contributed by atoms with Gasteiger partial charge in [-0.25, -0.2) is 19.3 Å². The molecule has 9 aromatic rings. The number of rotatable bonds is 5. The average molecular weight is 630 g/mol. The summed E-state index contributed by atoms with van der Waals surface area (Å²) in [7, 11) is 0. The Morgan fingerprint density at radius 1 is 0.265 bits per heavy atom. The van der Waals surface area contributed by atoms with Crippen molar-refractivity contribution in [3.63, 3.8) is 0 Å². The number of hydrogen-bond donors (Lipinski definition) is 0. The van der Waals surface area contributed by atoms with Gasteiger partial charge in [0.25, 0.3) is 0 Å². The zero-order valence-electron chi connectivity index (χ0n) is 26.4. The largest absolute Gasteiger partial charge is 0.208 e. The van der Waals surface area contributed by atoms with Gasteiger partial charge in [0.15, 0.2) is 17.5 Å². The molecule has 1 heterocycles. The highest BCUT2D eigenvalue weighted by Gasteiger charge is 2.15. The number of nitrogens with zero attached hydrogens (tertiary/aromatic N) is 3. The van der Waals surface area contributed by atoms with Crippen LogP contribution in [0.1, 0.15) is 0 Å². The fourth-order valence-electron chi connectivity index (χ4n) is 6.73. The van der Waals surface area contributed by atoms with Crippen LogP contribution in [0.4, 0.5) is 4.39 Å². The zero-order valence-corrected chi connectivity index (χ0v) is 26.4. The molecule has 0 fully saturated rings. The predicted octanol–water partition coefficient (Wildman–Crippen LogP) is 11.8. The molecule has 0 unspecified atom stereocenters. The zero-order chi connectivity index (χ0) is 32.7. The van der Waals surface area contributed by atoms with Crippen LogP contribution in [0.5, 0.6) is 0 Å². The first kappa shape index (κ1) is 28.7. The Kier molecular flexibility index (Phi) is 6.98. The molecule has 0 saturated heterocycles. The molecule has 0 amide bonds. The van der Waals surface area contributed by atoms with Crippen LogP contribution in [-0.4, -0.2) is 15.0 Å². The first-order valence-corrected chi connectivity index (χ1v) is 16.3. The summed E-state index contributed by atoms with van der Waals surface area (Å²) in [6, 6.07) is 57.1. The standard InChI is InChI=1S/C45H28FN3/c46-36-24-21-32(22-25-36)44-47-43(31-19-17-30(18-20-31)29-9-2-1-3-10-29)48-45(49-44)35-12-8-11-33(27-35)34-23-26-41-39-15-5-4-13-37(39)38-14-6-7-16-40(38)42(41)28-34/h1-28H. The molecular formula is C45H28FN3. The summed E-state index contributed by atoms with van der Waals surface area (Å²) in [4.78, 5) is 14.7. The normalized spacial score (nSPS) is 11.4. The highest BCUT2D eigenvalue weighted by atomic mass is 19.1. The van der Waals surface area contributed by atoms with Gasteiger partial charge in [-0.05, 0) is 91.0 Å². The van der Waals surface area contributed by atoms with E-state index in [0.29, 0.717) is 17.5 Å². The van der Waals surface area contributed by atoms with Crippen molar-refractivity contribution in [2.45, 2.75) is 0 Å². The molecule has 0 saturated carbocycles. The SMILES string of the molecule is Fc1ccc(-c2nc(-c3ccc(-c4ccccc4)cc3)nc(-c3cccc(-c4ccc5c6ccccc6c6ccccc6c5c4)c3)n2)cc1. The summed E-state index contributed by atoms with van der Waals surface area (Å²) in [5.74, 6) is 1.29. The van der Waals surface area contributed by atoms with E-state index >= 15 is 0 Å². The van der Waals surface area contributed by atoms with E-state index in [1.54, 1.807) is 12.1 Å². The van der Waals surface area contributed by atoms with E-state index in [9.17, 15) is 4.39 Å². The maximum atomic E-state index is 13.9. The van der Waals surface area contributed by atoms with Crippen LogP contribution in [0.25, 0.3) is 88.7 Å². The fourth-order valence-corrected chi connectivity index (χ4v) is 6.73. The lowest BCUT2D eigenvalue weighted by atomic mass is 9.92. The van der Waals surface area contributed by atoms with Gasteiger partial charge in [0.05, 0.1) is 0 Å². The van der Waals surface area contributed by atoms with Crippen molar-refractivity contribution in [1.82, 2.24) is 15.0 Å². The molecule has 9 rings (SSSR count). The van der Waals surface area contributed by atoms with Gasteiger partial charge < -0.3 is 0 Å². The number of benzene rings is 8. The first-order valence-electron chi connectivity index (χ1n) is 16.3. The number of hydrogen-bond acceptors (Lipinski definition) is 3. The predicted molar refractivity (Wildman–Crippen MR) is 199 cm³/mol. The molecule has 1 aromatic heterocycles. The van der Waals surface area contributed by atoms with E-state index < -0.39 is 0 Å². The Balaban J connectivity index is 1.17. The van der Waals surface area contributed by atoms with Gasteiger partial charge in [-0.2, -0.15) is 0 Å². The Bertz CT molecular complexity index is 2610. The lowest BCUT2D eigenvalue weighted by molar-refractivity contribution is 0.628. The van der Waals surface area contributed by atoms with Crippen LogP contribution >= 0.6 is 0 Å². The second-order valence-electron chi connectivity index (χ2n) is 12.2. The van der Waals surface area contributed by atoms with E-state index in [1.165, 1.54) is 44.5 Å². The molecular weight excluding hydrogens is 602 g/mol. The van der Waals surface area contributed by atoms with Crippen LogP contribution in [0, 0.1) is 5.82 Å². The monoisotopic (exact) mass is 629 g/mol. The summed E-state index contributed by atoms with van der Waals surface area (Å²) < 4.78 is 13.9. The molecule has 0 N–H and O–H groups in total. The van der Waals surface area contributed by atoms with E-state index in [4.69, 9.17) is 15.0 Å². The van der Waals surface area contributed by atoms with Gasteiger partial charge in [0.2, 0.25) is 0 Å². The molecule has 3 nitrogen and oxygen atoms in total. The molecule has 0 radical (unpaired) electrons. The third kappa shape index (κ3) is 5.30. The van der Waals surface area contributed by atoms with Crippen LogP contribution in [0.15, 0.2) is 170 Å². The first-order chi connectivity index (χ1) is 24.2. The smallest absolute Gasteiger partial charge is 0.164 e. The quantitative estimate of drug-likeness (QED) is 0.178. The van der Waals surface area contributed by atoms with E-state index in [2.05, 4.69) is 103 Å². The van der Waals surface area contributed by atoms with Gasteiger partial charge in [0, 0.05) is 16.7 Å². The molecule has 0 spiro atoms. The van der Waals surface area contributed by atoms with Crippen LogP contribution in [0.3, 0.4) is 0 Å². The Labute approximate surface area is 283 Å². The fraction of sp³-hybridized carbons (Fsp3) is 0. The summed E-state index contributed by atoms with van der Waals surface area (Å²) in [6.07, 6.45) is 0. The maximum Gasteiger partial charge on any atom is 0.164 e. The summed E-state index contributed by atoms with van der Waals surface area (Å²) in [5, 5.41) is 7.45. The van der Waals surface area contributed by atoms with Crippen molar-refractivity contribution in [2.24, 2.45) is 0 Å². The minimum absolute atomic E-state index is 0.307. The van der Waals surface area contributed by atoms with Crippen molar-refractivity contribution in [3.8, 4) is 56.4 Å². The molecule has 0 aliphatic rings. The average Bonchev–Trinajstić information content (AvgIpc) is 3.18. The number of fused-ring (bicyclic) bond motifs is 6. The molecule has 0 atom stereocenters. The Morgan fingerprint density at radius 3 is 1.27 bits per heavy atom. The second-order valence-corrected chi connectivity index (χ2v) is 12.2. The maximum absolute atomic E-state index is 13.9. The molecule has 4 heteroatoms. The highest BCUT2D eigenvalue weighted by Crippen LogP contribution is 2.37. The van der Waals surface area contributed by atoms with Gasteiger partial charge in [0.1, 0.15) is 5.82 Å². The van der Waals surface area contributed by atoms with E-state index in [-0.39, 0.29) is 5.82 Å². The van der Waals surface area contributed by atoms with Gasteiger partial charge >= 0.3 is 0 Å². The summed E-state index contributed by atoms with van der Waals surface area (Å²) >= 11 is 0. The van der Waals surface area contributed by atoms with Gasteiger partial charge in [-0.1, -0.05) is 133 Å². The van der Waals surface area contributed by atoms with Crippen LogP contribution in [0.2, 0.25) is 0 Å². The molecule has 230 valence electrons. The van der Waals surface area contributed by atoms with Gasteiger partial charge in [-0.3, -0.25) is 0 Å². The van der Waals surface area contributed by atoms with Crippen molar-refractivity contribution in [1.29, 1.82) is 0 Å². The lowest BCUT2D eigenvalue weighted by Crippen LogP contribution is -2.00. The summed E-state index contributed by atoms with van der Waals surface area (Å²) in [5.41, 5.74) is 6.89. The van der Waals surface area contributed by atoms with Crippen LogP contribution < -0.4 is 0 Å². The van der Waals surface area contributed by atoms with E-state index in [1.807, 2.05) is 42.5 Å². The molecule has 0 aliphatic carbocycles. The lowest BCUT2D eigenvalue weighted by Gasteiger charge is -2.13. The second kappa shape index (κ2) is 11.9. The Morgan fingerprint density at radius 2 is 0.653 bits per heavy atom. The minimum Gasteiger partial charge on any atom is -0.208 e. The molecule has 8 aromatic carbocycles. The van der Waals surface area contributed by atoms with E-state index in [0.717, 1.165) is 38.9 Å². The summed E-state index contributed by atoms with van der Waals surface area (Å²) in [6.45, 7) is 0. The van der Waals surface area contributed by atoms with Crippen molar-refractivity contribution in [3.05, 3.63) is 176 Å². The number of aromatic nitrogens is 3. The third-order valence-corrected chi connectivity index (χ3v) is 9.19. The highest BCUT2D eigenvalue weighted by molar-refractivity contribution is 6.25. The van der Waals surface area contributed by atoms with Gasteiger partial charge in [-0.15, -0.1) is 0 Å². The van der Waals surface area contributed by atoms with Crippen LogP contribution in [-0.2, 0) is 0 Å². The topological polar surface area (TPSA) is 38.7 Å². The van der Waals surface area contributed by atoms with Crippen molar-refractivity contribution >= 4 is 32.3 Å². The third-order valence-electron chi connectivity index (χ3n) is 9.19. The minimum atomic E-state index is -0.307. The van der Waals surface area contributed by atoms with Crippen molar-refractivity contribution in [2.75, 3.05) is 0 Å². The number of halogens is 1. The van der Waals surface area contributed by atoms with Crippen molar-refractivity contribution < 1.29 is 4.39 Å². The molecule has 49 heavy (non-hydrogen) atoms.